The first-order valence-corrected chi connectivity index (χ1v) is 9.54. The Balaban J connectivity index is 1.90. The van der Waals surface area contributed by atoms with E-state index in [1.165, 1.54) is 14.2 Å². The van der Waals surface area contributed by atoms with Crippen LogP contribution in [0.25, 0.3) is 6.08 Å². The molecule has 0 spiro atoms. The minimum absolute atomic E-state index is 0.0797. The first kappa shape index (κ1) is 21.6. The molecule has 0 aliphatic rings. The quantitative estimate of drug-likeness (QED) is 0.571. The van der Waals surface area contributed by atoms with Crippen LogP contribution in [0.5, 0.6) is 11.5 Å². The van der Waals surface area contributed by atoms with Crippen LogP contribution in [0.15, 0.2) is 72.7 Å². The zero-order valence-electron chi connectivity index (χ0n) is 17.5. The summed E-state index contributed by atoms with van der Waals surface area (Å²) < 4.78 is 10.5. The SMILES string of the molecule is COc1ccc(C(=O)N/C(=C/c2cccnc2)C(=O)Nc2ccccc2C)cc1OC. The highest BCUT2D eigenvalue weighted by Crippen LogP contribution is 2.27. The van der Waals surface area contributed by atoms with Gasteiger partial charge in [-0.25, -0.2) is 0 Å². The van der Waals surface area contributed by atoms with Crippen molar-refractivity contribution >= 4 is 23.6 Å². The second kappa shape index (κ2) is 10.1. The number of nitrogens with one attached hydrogen (secondary N) is 2. The molecule has 0 radical (unpaired) electrons. The fourth-order valence-electron chi connectivity index (χ4n) is 2.86. The van der Waals surface area contributed by atoms with Crippen molar-refractivity contribution in [3.63, 3.8) is 0 Å². The van der Waals surface area contributed by atoms with Crippen LogP contribution >= 0.6 is 0 Å². The molecule has 1 heterocycles. The Labute approximate surface area is 180 Å². The van der Waals surface area contributed by atoms with Gasteiger partial charge in [0, 0.05) is 23.6 Å². The molecule has 0 aliphatic heterocycles. The van der Waals surface area contributed by atoms with Crippen molar-refractivity contribution in [2.24, 2.45) is 0 Å². The summed E-state index contributed by atoms with van der Waals surface area (Å²) >= 11 is 0. The van der Waals surface area contributed by atoms with Gasteiger partial charge in [0.25, 0.3) is 11.8 Å². The third-order valence-corrected chi connectivity index (χ3v) is 4.53. The molecule has 0 bridgehead atoms. The van der Waals surface area contributed by atoms with Gasteiger partial charge in [-0.3, -0.25) is 14.6 Å². The third-order valence-electron chi connectivity index (χ3n) is 4.53. The first-order chi connectivity index (χ1) is 15.0. The fraction of sp³-hybridized carbons (Fsp3) is 0.125. The van der Waals surface area contributed by atoms with E-state index in [1.54, 1.807) is 54.9 Å². The summed E-state index contributed by atoms with van der Waals surface area (Å²) in [6, 6.07) is 15.7. The van der Waals surface area contributed by atoms with Crippen LogP contribution in [-0.2, 0) is 4.79 Å². The lowest BCUT2D eigenvalue weighted by atomic mass is 10.1. The standard InChI is InChI=1S/C24H23N3O4/c1-16-7-4-5-9-19(16)26-24(29)20(13-17-8-6-12-25-15-17)27-23(28)18-10-11-21(30-2)22(14-18)31-3/h4-15H,1-3H3,(H,26,29)(H,27,28)/b20-13+. The van der Waals surface area contributed by atoms with Gasteiger partial charge in [-0.15, -0.1) is 0 Å². The van der Waals surface area contributed by atoms with E-state index in [9.17, 15) is 9.59 Å². The predicted octanol–water partition coefficient (Wildman–Crippen LogP) is 3.82. The molecule has 7 heteroatoms. The molecule has 3 aromatic rings. The van der Waals surface area contributed by atoms with Gasteiger partial charge in [-0.1, -0.05) is 24.3 Å². The number of aromatic nitrogens is 1. The summed E-state index contributed by atoms with van der Waals surface area (Å²) in [7, 11) is 3.01. The fourth-order valence-corrected chi connectivity index (χ4v) is 2.86. The van der Waals surface area contributed by atoms with Gasteiger partial charge < -0.3 is 20.1 Å². The van der Waals surface area contributed by atoms with Crippen molar-refractivity contribution in [2.45, 2.75) is 6.92 Å². The largest absolute Gasteiger partial charge is 0.493 e. The molecule has 158 valence electrons. The van der Waals surface area contributed by atoms with E-state index < -0.39 is 11.8 Å². The molecular formula is C24H23N3O4. The highest BCUT2D eigenvalue weighted by Gasteiger charge is 2.17. The predicted molar refractivity (Wildman–Crippen MR) is 119 cm³/mol. The maximum absolute atomic E-state index is 13.0. The Kier molecular flexibility index (Phi) is 7.01. The van der Waals surface area contributed by atoms with Gasteiger partial charge in [-0.2, -0.15) is 0 Å². The molecule has 31 heavy (non-hydrogen) atoms. The maximum atomic E-state index is 13.0. The van der Waals surface area contributed by atoms with Crippen molar-refractivity contribution in [1.82, 2.24) is 10.3 Å². The minimum Gasteiger partial charge on any atom is -0.493 e. The summed E-state index contributed by atoms with van der Waals surface area (Å²) in [6.07, 6.45) is 4.80. The van der Waals surface area contributed by atoms with Crippen molar-refractivity contribution in [3.05, 3.63) is 89.4 Å². The second-order valence-corrected chi connectivity index (χ2v) is 6.64. The van der Waals surface area contributed by atoms with E-state index in [0.717, 1.165) is 5.56 Å². The molecule has 2 aromatic carbocycles. The van der Waals surface area contributed by atoms with Crippen molar-refractivity contribution < 1.29 is 19.1 Å². The Morgan fingerprint density at radius 3 is 2.42 bits per heavy atom. The van der Waals surface area contributed by atoms with Crippen LogP contribution in [0.3, 0.4) is 0 Å². The smallest absolute Gasteiger partial charge is 0.272 e. The number of hydrogen-bond acceptors (Lipinski definition) is 5. The van der Waals surface area contributed by atoms with E-state index in [4.69, 9.17) is 9.47 Å². The van der Waals surface area contributed by atoms with Gasteiger partial charge in [0.1, 0.15) is 5.70 Å². The second-order valence-electron chi connectivity index (χ2n) is 6.64. The van der Waals surface area contributed by atoms with Crippen molar-refractivity contribution in [1.29, 1.82) is 0 Å². The summed E-state index contributed by atoms with van der Waals surface area (Å²) in [5, 5.41) is 5.54. The number of amides is 2. The number of anilines is 1. The van der Waals surface area contributed by atoms with Crippen LogP contribution < -0.4 is 20.1 Å². The third kappa shape index (κ3) is 5.48. The Morgan fingerprint density at radius 2 is 1.74 bits per heavy atom. The van der Waals surface area contributed by atoms with E-state index in [2.05, 4.69) is 15.6 Å². The van der Waals surface area contributed by atoms with Gasteiger partial charge in [0.2, 0.25) is 0 Å². The maximum Gasteiger partial charge on any atom is 0.272 e. The van der Waals surface area contributed by atoms with Crippen LogP contribution in [-0.4, -0.2) is 31.0 Å². The molecule has 2 N–H and O–H groups in total. The van der Waals surface area contributed by atoms with Gasteiger partial charge in [-0.05, 0) is 54.5 Å². The van der Waals surface area contributed by atoms with Gasteiger partial charge in [0.05, 0.1) is 14.2 Å². The molecule has 0 unspecified atom stereocenters. The van der Waals surface area contributed by atoms with E-state index in [0.29, 0.717) is 28.3 Å². The number of ether oxygens (including phenoxy) is 2. The average Bonchev–Trinajstić information content (AvgIpc) is 2.80. The number of pyridine rings is 1. The van der Waals surface area contributed by atoms with E-state index in [-0.39, 0.29) is 5.70 Å². The van der Waals surface area contributed by atoms with Crippen molar-refractivity contribution in [3.8, 4) is 11.5 Å². The van der Waals surface area contributed by atoms with Crippen LogP contribution in [0.4, 0.5) is 5.69 Å². The topological polar surface area (TPSA) is 89.5 Å². The summed E-state index contributed by atoms with van der Waals surface area (Å²) in [6.45, 7) is 1.89. The van der Waals surface area contributed by atoms with Crippen LogP contribution in [0.2, 0.25) is 0 Å². The Bertz CT molecular complexity index is 1110. The number of para-hydroxylation sites is 1. The monoisotopic (exact) mass is 417 g/mol. The lowest BCUT2D eigenvalue weighted by molar-refractivity contribution is -0.113. The highest BCUT2D eigenvalue weighted by atomic mass is 16.5. The molecule has 0 fully saturated rings. The zero-order chi connectivity index (χ0) is 22.2. The highest BCUT2D eigenvalue weighted by molar-refractivity contribution is 6.11. The van der Waals surface area contributed by atoms with E-state index in [1.807, 2.05) is 25.1 Å². The number of methoxy groups -OCH3 is 2. The molecular weight excluding hydrogens is 394 g/mol. The molecule has 1 aromatic heterocycles. The lowest BCUT2D eigenvalue weighted by Gasteiger charge is -2.13. The minimum atomic E-state index is -0.462. The first-order valence-electron chi connectivity index (χ1n) is 9.54. The summed E-state index contributed by atoms with van der Waals surface area (Å²) in [4.78, 5) is 29.9. The van der Waals surface area contributed by atoms with Gasteiger partial charge in [0.15, 0.2) is 11.5 Å². The summed E-state index contributed by atoms with van der Waals surface area (Å²) in [5.74, 6) is 0.00257. The molecule has 2 amide bonds. The molecule has 0 saturated heterocycles. The van der Waals surface area contributed by atoms with Crippen molar-refractivity contribution in [2.75, 3.05) is 19.5 Å². The number of nitrogens with zero attached hydrogens (tertiary/aromatic N) is 1. The molecule has 0 aliphatic carbocycles. The lowest BCUT2D eigenvalue weighted by Crippen LogP contribution is -2.31. The van der Waals surface area contributed by atoms with Crippen LogP contribution in [0.1, 0.15) is 21.5 Å². The number of benzene rings is 2. The normalized spacial score (nSPS) is 10.9. The number of rotatable bonds is 7. The summed E-state index contributed by atoms with van der Waals surface area (Å²) in [5.41, 5.74) is 2.63. The molecule has 3 rings (SSSR count). The Hall–Kier alpha value is -4.13. The average molecular weight is 417 g/mol. The Morgan fingerprint density at radius 1 is 0.968 bits per heavy atom. The number of hydrogen-bond donors (Lipinski definition) is 2. The molecule has 7 nitrogen and oxygen atoms in total. The van der Waals surface area contributed by atoms with E-state index >= 15 is 0 Å². The van der Waals surface area contributed by atoms with Gasteiger partial charge >= 0.3 is 0 Å². The zero-order valence-corrected chi connectivity index (χ0v) is 17.5. The number of aryl methyl sites for hydroxylation is 1. The molecule has 0 saturated carbocycles. The molecule has 0 atom stereocenters. The number of carbonyl (C=O) groups excluding carboxylic acids is 2. The number of carbonyl (C=O) groups is 2. The van der Waals surface area contributed by atoms with Crippen LogP contribution in [0, 0.1) is 6.92 Å².